The molecule has 2 N–H and O–H groups in total. The van der Waals surface area contributed by atoms with Crippen molar-refractivity contribution >= 4 is 16.8 Å². The average Bonchev–Trinajstić information content (AvgIpc) is 2.43. The minimum atomic E-state index is -0.809. The molecule has 1 heterocycles. The second-order valence-corrected chi connectivity index (χ2v) is 4.70. The minimum Gasteiger partial charge on any atom is -0.368 e. The van der Waals surface area contributed by atoms with Gasteiger partial charge >= 0.3 is 5.69 Å². The standard InChI is InChI=1S/C14H17N3O3/c1-3-8-16-13(19)10-6-4-5-7-11(10)17(14(16)20)9(2)12(15)18/h4-7,9H,3,8H2,1-2H3,(H2,15,18)/t9-/m0/s1. The molecule has 0 aliphatic rings. The molecule has 0 aliphatic carbocycles. The SMILES string of the molecule is CCCn1c(=O)c2ccccc2n([C@@H](C)C(N)=O)c1=O. The Morgan fingerprint density at radius 3 is 2.55 bits per heavy atom. The quantitative estimate of drug-likeness (QED) is 0.887. The molecule has 20 heavy (non-hydrogen) atoms. The lowest BCUT2D eigenvalue weighted by atomic mass is 10.2. The highest BCUT2D eigenvalue weighted by Gasteiger charge is 2.19. The van der Waals surface area contributed by atoms with Crippen molar-refractivity contribution in [1.82, 2.24) is 9.13 Å². The van der Waals surface area contributed by atoms with Crippen molar-refractivity contribution in [1.29, 1.82) is 0 Å². The monoisotopic (exact) mass is 275 g/mol. The fourth-order valence-electron chi connectivity index (χ4n) is 2.25. The van der Waals surface area contributed by atoms with E-state index in [9.17, 15) is 14.4 Å². The zero-order valence-corrected chi connectivity index (χ0v) is 11.5. The van der Waals surface area contributed by atoms with Gasteiger partial charge in [0.2, 0.25) is 5.91 Å². The van der Waals surface area contributed by atoms with Crippen molar-refractivity contribution in [3.8, 4) is 0 Å². The Balaban J connectivity index is 2.95. The van der Waals surface area contributed by atoms with Crippen LogP contribution in [0.25, 0.3) is 10.9 Å². The maximum Gasteiger partial charge on any atom is 0.332 e. The number of rotatable bonds is 4. The Morgan fingerprint density at radius 2 is 1.95 bits per heavy atom. The molecule has 1 aromatic carbocycles. The van der Waals surface area contributed by atoms with Crippen LogP contribution >= 0.6 is 0 Å². The fourth-order valence-corrected chi connectivity index (χ4v) is 2.25. The predicted molar refractivity (Wildman–Crippen MR) is 76.7 cm³/mol. The fraction of sp³-hybridized carbons (Fsp3) is 0.357. The van der Waals surface area contributed by atoms with Crippen LogP contribution in [0.3, 0.4) is 0 Å². The summed E-state index contributed by atoms with van der Waals surface area (Å²) in [6.45, 7) is 3.74. The molecule has 2 rings (SSSR count). The zero-order chi connectivity index (χ0) is 14.9. The summed E-state index contributed by atoms with van der Waals surface area (Å²) in [5, 5.41) is 0.411. The number of primary amides is 1. The van der Waals surface area contributed by atoms with Crippen LogP contribution in [-0.2, 0) is 11.3 Å². The van der Waals surface area contributed by atoms with Crippen LogP contribution in [0.1, 0.15) is 26.3 Å². The first kappa shape index (κ1) is 14.0. The molecule has 0 spiro atoms. The van der Waals surface area contributed by atoms with E-state index in [1.54, 1.807) is 31.2 Å². The van der Waals surface area contributed by atoms with Gasteiger partial charge in [-0.15, -0.1) is 0 Å². The van der Waals surface area contributed by atoms with Crippen molar-refractivity contribution < 1.29 is 4.79 Å². The number of hydrogen-bond donors (Lipinski definition) is 1. The maximum atomic E-state index is 12.5. The van der Waals surface area contributed by atoms with Gasteiger partial charge in [-0.1, -0.05) is 19.1 Å². The van der Waals surface area contributed by atoms with E-state index < -0.39 is 17.6 Å². The number of para-hydroxylation sites is 1. The lowest BCUT2D eigenvalue weighted by Gasteiger charge is -2.17. The smallest absolute Gasteiger partial charge is 0.332 e. The summed E-state index contributed by atoms with van der Waals surface area (Å²) in [5.41, 5.74) is 4.90. The average molecular weight is 275 g/mol. The molecule has 0 bridgehead atoms. The second kappa shape index (κ2) is 5.32. The normalized spacial score (nSPS) is 12.5. The van der Waals surface area contributed by atoms with E-state index in [0.29, 0.717) is 23.9 Å². The van der Waals surface area contributed by atoms with E-state index in [1.807, 2.05) is 6.92 Å². The number of nitrogens with zero attached hydrogens (tertiary/aromatic N) is 2. The zero-order valence-electron chi connectivity index (χ0n) is 11.5. The molecule has 1 amide bonds. The first-order valence-electron chi connectivity index (χ1n) is 6.52. The van der Waals surface area contributed by atoms with Crippen molar-refractivity contribution in [2.75, 3.05) is 0 Å². The summed E-state index contributed by atoms with van der Waals surface area (Å²) in [6, 6.07) is 5.93. The first-order valence-corrected chi connectivity index (χ1v) is 6.52. The predicted octanol–water partition coefficient (Wildman–Crippen LogP) is 0.620. The Hall–Kier alpha value is -2.37. The number of fused-ring (bicyclic) bond motifs is 1. The number of carbonyl (C=O) groups is 1. The molecule has 0 fully saturated rings. The van der Waals surface area contributed by atoms with Crippen molar-refractivity contribution in [2.45, 2.75) is 32.9 Å². The van der Waals surface area contributed by atoms with Crippen LogP contribution in [0.4, 0.5) is 0 Å². The van der Waals surface area contributed by atoms with E-state index in [0.717, 1.165) is 4.57 Å². The van der Waals surface area contributed by atoms with E-state index in [2.05, 4.69) is 0 Å². The Bertz CT molecular complexity index is 773. The number of hydrogen-bond acceptors (Lipinski definition) is 3. The number of nitrogens with two attached hydrogens (primary N) is 1. The molecule has 2 aromatic rings. The molecule has 1 aromatic heterocycles. The molecule has 6 nitrogen and oxygen atoms in total. The molecule has 0 radical (unpaired) electrons. The van der Waals surface area contributed by atoms with E-state index in [4.69, 9.17) is 5.73 Å². The molecular formula is C14H17N3O3. The van der Waals surface area contributed by atoms with Gasteiger partial charge in [-0.25, -0.2) is 4.79 Å². The van der Waals surface area contributed by atoms with E-state index >= 15 is 0 Å². The number of amides is 1. The number of aromatic nitrogens is 2. The Kier molecular flexibility index (Phi) is 3.74. The van der Waals surface area contributed by atoms with Crippen molar-refractivity contribution in [2.24, 2.45) is 5.73 Å². The Morgan fingerprint density at radius 1 is 1.30 bits per heavy atom. The van der Waals surface area contributed by atoms with Gasteiger partial charge in [-0.2, -0.15) is 0 Å². The minimum absolute atomic E-state index is 0.313. The number of carbonyl (C=O) groups excluding carboxylic acids is 1. The summed E-state index contributed by atoms with van der Waals surface area (Å²) < 4.78 is 2.44. The highest BCUT2D eigenvalue weighted by Crippen LogP contribution is 2.12. The first-order chi connectivity index (χ1) is 9.49. The molecular weight excluding hydrogens is 258 g/mol. The maximum absolute atomic E-state index is 12.5. The van der Waals surface area contributed by atoms with Crippen LogP contribution in [-0.4, -0.2) is 15.0 Å². The third kappa shape index (κ3) is 2.13. The highest BCUT2D eigenvalue weighted by molar-refractivity contribution is 5.83. The lowest BCUT2D eigenvalue weighted by Crippen LogP contribution is -2.43. The largest absolute Gasteiger partial charge is 0.368 e. The van der Waals surface area contributed by atoms with Gasteiger partial charge in [-0.05, 0) is 25.5 Å². The summed E-state index contributed by atoms with van der Waals surface area (Å²) in [7, 11) is 0. The van der Waals surface area contributed by atoms with Gasteiger partial charge in [0.1, 0.15) is 6.04 Å². The molecule has 106 valence electrons. The van der Waals surface area contributed by atoms with Crippen molar-refractivity contribution in [3.05, 3.63) is 45.1 Å². The van der Waals surface area contributed by atoms with Crippen molar-refractivity contribution in [3.63, 3.8) is 0 Å². The van der Waals surface area contributed by atoms with E-state index in [-0.39, 0.29) is 5.56 Å². The summed E-state index contributed by atoms with van der Waals surface area (Å²) in [4.78, 5) is 36.2. The topological polar surface area (TPSA) is 87.1 Å². The van der Waals surface area contributed by atoms with E-state index in [1.165, 1.54) is 4.57 Å². The van der Waals surface area contributed by atoms with Crippen LogP contribution in [0.2, 0.25) is 0 Å². The number of benzene rings is 1. The summed E-state index contributed by atoms with van der Waals surface area (Å²) in [6.07, 6.45) is 0.651. The van der Waals surface area contributed by atoms with Gasteiger partial charge in [-0.3, -0.25) is 18.7 Å². The van der Waals surface area contributed by atoms with Gasteiger partial charge in [0.05, 0.1) is 10.9 Å². The molecule has 0 saturated carbocycles. The molecule has 6 heteroatoms. The third-order valence-electron chi connectivity index (χ3n) is 3.32. The third-order valence-corrected chi connectivity index (χ3v) is 3.32. The summed E-state index contributed by atoms with van der Waals surface area (Å²) >= 11 is 0. The van der Waals surface area contributed by atoms with Crippen LogP contribution in [0.15, 0.2) is 33.9 Å². The second-order valence-electron chi connectivity index (χ2n) is 4.70. The van der Waals surface area contributed by atoms with Gasteiger partial charge in [0.25, 0.3) is 5.56 Å². The highest BCUT2D eigenvalue weighted by atomic mass is 16.2. The van der Waals surface area contributed by atoms with Crippen LogP contribution in [0, 0.1) is 0 Å². The summed E-state index contributed by atoms with van der Waals surface area (Å²) in [5.74, 6) is -0.612. The van der Waals surface area contributed by atoms with Crippen LogP contribution in [0.5, 0.6) is 0 Å². The van der Waals surface area contributed by atoms with Crippen LogP contribution < -0.4 is 17.0 Å². The lowest BCUT2D eigenvalue weighted by molar-refractivity contribution is -0.120. The Labute approximate surface area is 115 Å². The molecule has 0 saturated heterocycles. The van der Waals surface area contributed by atoms with Gasteiger partial charge in [0, 0.05) is 6.54 Å². The molecule has 1 atom stereocenters. The van der Waals surface area contributed by atoms with Gasteiger partial charge in [0.15, 0.2) is 0 Å². The van der Waals surface area contributed by atoms with Gasteiger partial charge < -0.3 is 5.73 Å². The molecule has 0 aliphatic heterocycles. The molecule has 0 unspecified atom stereocenters.